The van der Waals surface area contributed by atoms with Crippen LogP contribution in [0, 0.1) is 10.8 Å². The lowest BCUT2D eigenvalue weighted by Gasteiger charge is -2.37. The molecule has 0 saturated carbocycles. The van der Waals surface area contributed by atoms with Gasteiger partial charge in [0.15, 0.2) is 0 Å². The van der Waals surface area contributed by atoms with Crippen LogP contribution in [0.15, 0.2) is 117 Å². The average molecular weight is 571 g/mol. The van der Waals surface area contributed by atoms with E-state index in [0.29, 0.717) is 0 Å². The van der Waals surface area contributed by atoms with Gasteiger partial charge >= 0.3 is 0 Å². The Morgan fingerprint density at radius 3 is 1.69 bits per heavy atom. The van der Waals surface area contributed by atoms with Crippen LogP contribution in [0.2, 0.25) is 0 Å². The molecule has 0 heterocycles. The van der Waals surface area contributed by atoms with Crippen molar-refractivity contribution in [2.75, 3.05) is 0 Å². The minimum atomic E-state index is -0.224. The van der Waals surface area contributed by atoms with Gasteiger partial charge in [0.05, 0.1) is 12.2 Å². The summed E-state index contributed by atoms with van der Waals surface area (Å²) in [6, 6.07) is 0. The Hall–Kier alpha value is -2.68. The van der Waals surface area contributed by atoms with Crippen LogP contribution in [0.3, 0.4) is 0 Å². The molecule has 2 aliphatic rings. The van der Waals surface area contributed by atoms with Crippen molar-refractivity contribution >= 4 is 0 Å². The van der Waals surface area contributed by atoms with Crippen LogP contribution >= 0.6 is 0 Å². The lowest BCUT2D eigenvalue weighted by atomic mass is 9.70. The molecule has 230 valence electrons. The van der Waals surface area contributed by atoms with Crippen molar-refractivity contribution in [2.45, 2.75) is 120 Å². The number of hydrogen-bond acceptors (Lipinski definition) is 2. The van der Waals surface area contributed by atoms with Crippen molar-refractivity contribution in [1.29, 1.82) is 0 Å². The molecule has 0 fully saturated rings. The van der Waals surface area contributed by atoms with Gasteiger partial charge < -0.3 is 10.2 Å². The third-order valence-electron chi connectivity index (χ3n) is 8.67. The zero-order valence-electron chi connectivity index (χ0n) is 28.2. The molecule has 0 bridgehead atoms. The molecule has 0 radical (unpaired) electrons. The van der Waals surface area contributed by atoms with E-state index in [0.717, 1.165) is 38.5 Å². The SMILES string of the molecule is CC(=C/C=C/C(C)=C/C=C/C=C(C)/C=C/C=C(C)/C=C/C1=C(C)CC(O)CC1(C)C)CCC1=C(C)CC(O)CC1(C)C. The fraction of sp³-hybridized carbons (Fsp3) is 0.500. The monoisotopic (exact) mass is 570 g/mol. The fourth-order valence-corrected chi connectivity index (χ4v) is 6.49. The molecule has 0 spiro atoms. The van der Waals surface area contributed by atoms with E-state index < -0.39 is 0 Å². The third kappa shape index (κ3) is 11.9. The van der Waals surface area contributed by atoms with Crippen molar-refractivity contribution in [2.24, 2.45) is 10.8 Å². The van der Waals surface area contributed by atoms with Crippen LogP contribution < -0.4 is 0 Å². The van der Waals surface area contributed by atoms with Crippen molar-refractivity contribution in [3.8, 4) is 0 Å². The first-order valence-electron chi connectivity index (χ1n) is 15.7. The zero-order valence-corrected chi connectivity index (χ0v) is 28.2. The summed E-state index contributed by atoms with van der Waals surface area (Å²) < 4.78 is 0. The molecule has 0 aliphatic heterocycles. The second-order valence-corrected chi connectivity index (χ2v) is 14.0. The molecular weight excluding hydrogens is 512 g/mol. The summed E-state index contributed by atoms with van der Waals surface area (Å²) >= 11 is 0. The number of aliphatic hydroxyl groups excluding tert-OH is 2. The van der Waals surface area contributed by atoms with Gasteiger partial charge in [0, 0.05) is 0 Å². The van der Waals surface area contributed by atoms with Crippen LogP contribution in [0.5, 0.6) is 0 Å². The predicted octanol–water partition coefficient (Wildman–Crippen LogP) is 10.8. The molecule has 0 saturated heterocycles. The lowest BCUT2D eigenvalue weighted by Crippen LogP contribution is -2.29. The minimum absolute atomic E-state index is 0.00810. The molecule has 2 rings (SSSR count). The Morgan fingerprint density at radius 1 is 0.667 bits per heavy atom. The van der Waals surface area contributed by atoms with Crippen molar-refractivity contribution in [3.05, 3.63) is 117 Å². The second kappa shape index (κ2) is 16.2. The van der Waals surface area contributed by atoms with Gasteiger partial charge in [0.2, 0.25) is 0 Å². The molecule has 2 unspecified atom stereocenters. The highest BCUT2D eigenvalue weighted by atomic mass is 16.3. The maximum absolute atomic E-state index is 10.1. The standard InChI is InChI=1S/C40H58O2/c1-29(17-13-19-31(3)21-23-37-33(5)25-35(41)27-39(37,7)8)15-11-12-16-30(2)18-14-20-32(4)22-24-38-34(6)26-36(42)28-40(38,9)10/h11-21,23,35-36,41-42H,22,24-28H2,1-10H3/b12-11+,17-13+,18-14+,23-21+,29-15+,30-16+,31-19+,32-20?. The summed E-state index contributed by atoms with van der Waals surface area (Å²) in [5.41, 5.74) is 10.6. The third-order valence-corrected chi connectivity index (χ3v) is 8.67. The van der Waals surface area contributed by atoms with Crippen molar-refractivity contribution in [1.82, 2.24) is 0 Å². The van der Waals surface area contributed by atoms with Gasteiger partial charge in [-0.3, -0.25) is 0 Å². The summed E-state index contributed by atoms with van der Waals surface area (Å²) in [6.07, 6.45) is 30.7. The molecule has 0 amide bonds. The average Bonchev–Trinajstić information content (AvgIpc) is 2.84. The lowest BCUT2D eigenvalue weighted by molar-refractivity contribution is 0.113. The molecule has 42 heavy (non-hydrogen) atoms. The highest BCUT2D eigenvalue weighted by Crippen LogP contribution is 2.43. The van der Waals surface area contributed by atoms with Gasteiger partial charge in [0.25, 0.3) is 0 Å². The molecule has 0 aromatic rings. The van der Waals surface area contributed by atoms with Crippen LogP contribution in [-0.2, 0) is 0 Å². The Bertz CT molecular complexity index is 1240. The van der Waals surface area contributed by atoms with E-state index in [1.54, 1.807) is 0 Å². The summed E-state index contributed by atoms with van der Waals surface area (Å²) in [5, 5.41) is 20.2. The first-order chi connectivity index (χ1) is 19.6. The maximum atomic E-state index is 10.1. The van der Waals surface area contributed by atoms with E-state index in [9.17, 15) is 10.2 Å². The van der Waals surface area contributed by atoms with E-state index >= 15 is 0 Å². The Labute approximate surface area is 258 Å². The highest BCUT2D eigenvalue weighted by molar-refractivity contribution is 5.38. The van der Waals surface area contributed by atoms with E-state index in [-0.39, 0.29) is 23.0 Å². The maximum Gasteiger partial charge on any atom is 0.0585 e. The summed E-state index contributed by atoms with van der Waals surface area (Å²) in [6.45, 7) is 21.9. The first-order valence-corrected chi connectivity index (χ1v) is 15.7. The highest BCUT2D eigenvalue weighted by Gasteiger charge is 2.32. The number of aliphatic hydroxyl groups is 2. The Kier molecular flexibility index (Phi) is 13.7. The van der Waals surface area contributed by atoms with Gasteiger partial charge in [0.1, 0.15) is 0 Å². The van der Waals surface area contributed by atoms with E-state index in [1.807, 2.05) is 0 Å². The summed E-state index contributed by atoms with van der Waals surface area (Å²) in [4.78, 5) is 0. The Morgan fingerprint density at radius 2 is 1.14 bits per heavy atom. The Balaban J connectivity index is 1.86. The largest absolute Gasteiger partial charge is 0.393 e. The summed E-state index contributed by atoms with van der Waals surface area (Å²) in [5.74, 6) is 0. The second-order valence-electron chi connectivity index (χ2n) is 14.0. The molecule has 2 aliphatic carbocycles. The zero-order chi connectivity index (χ0) is 31.5. The van der Waals surface area contributed by atoms with Gasteiger partial charge in [-0.05, 0) is 96.5 Å². The first kappa shape index (κ1) is 35.5. The minimum Gasteiger partial charge on any atom is -0.393 e. The molecule has 2 heteroatoms. The van der Waals surface area contributed by atoms with Gasteiger partial charge in [-0.1, -0.05) is 140 Å². The van der Waals surface area contributed by atoms with Gasteiger partial charge in [-0.2, -0.15) is 0 Å². The number of hydrogen-bond donors (Lipinski definition) is 2. The normalized spacial score (nSPS) is 24.9. The van der Waals surface area contributed by atoms with Gasteiger partial charge in [-0.25, -0.2) is 0 Å². The quantitative estimate of drug-likeness (QED) is 0.192. The molecule has 0 aromatic heterocycles. The topological polar surface area (TPSA) is 40.5 Å². The number of allylic oxidation sites excluding steroid dienone is 18. The molecule has 2 nitrogen and oxygen atoms in total. The number of rotatable bonds is 11. The predicted molar refractivity (Wildman–Crippen MR) is 184 cm³/mol. The van der Waals surface area contributed by atoms with Crippen molar-refractivity contribution < 1.29 is 10.2 Å². The van der Waals surface area contributed by atoms with E-state index in [4.69, 9.17) is 0 Å². The fourth-order valence-electron chi connectivity index (χ4n) is 6.49. The van der Waals surface area contributed by atoms with E-state index in [1.165, 1.54) is 44.6 Å². The van der Waals surface area contributed by atoms with Crippen molar-refractivity contribution in [3.63, 3.8) is 0 Å². The van der Waals surface area contributed by atoms with Gasteiger partial charge in [-0.15, -0.1) is 0 Å². The van der Waals surface area contributed by atoms with Crippen LogP contribution in [-0.4, -0.2) is 22.4 Å². The van der Waals surface area contributed by atoms with Crippen LogP contribution in [0.4, 0.5) is 0 Å². The molecule has 2 N–H and O–H groups in total. The van der Waals surface area contributed by atoms with Crippen LogP contribution in [0.1, 0.15) is 108 Å². The summed E-state index contributed by atoms with van der Waals surface area (Å²) in [7, 11) is 0. The van der Waals surface area contributed by atoms with Crippen LogP contribution in [0.25, 0.3) is 0 Å². The smallest absolute Gasteiger partial charge is 0.0585 e. The molecular formula is C40H58O2. The molecule has 0 aromatic carbocycles. The molecule has 2 atom stereocenters. The van der Waals surface area contributed by atoms with E-state index in [2.05, 4.69) is 142 Å².